The molecule has 0 aliphatic heterocycles. The van der Waals surface area contributed by atoms with Crippen LogP contribution in [0.25, 0.3) is 0 Å². The van der Waals surface area contributed by atoms with Crippen LogP contribution in [0.5, 0.6) is 0 Å². The molecule has 13 heavy (non-hydrogen) atoms. The molecular formula is C12H27N. The van der Waals surface area contributed by atoms with E-state index in [-0.39, 0.29) is 11.0 Å². The molecule has 0 bridgehead atoms. The average Bonchev–Trinajstić information content (AvgIpc) is 1.84. The number of hydrogen-bond donors (Lipinski definition) is 1. The van der Waals surface area contributed by atoms with Gasteiger partial charge in [-0.15, -0.1) is 0 Å². The summed E-state index contributed by atoms with van der Waals surface area (Å²) in [5.74, 6) is 0. The largest absolute Gasteiger partial charge is 0.325 e. The average molecular weight is 185 g/mol. The van der Waals surface area contributed by atoms with E-state index in [9.17, 15) is 0 Å². The predicted molar refractivity (Wildman–Crippen MR) is 60.7 cm³/mol. The van der Waals surface area contributed by atoms with Gasteiger partial charge in [0.15, 0.2) is 0 Å². The van der Waals surface area contributed by atoms with E-state index in [4.69, 9.17) is 5.73 Å². The van der Waals surface area contributed by atoms with Gasteiger partial charge in [-0.2, -0.15) is 0 Å². The molecule has 2 N–H and O–H groups in total. The van der Waals surface area contributed by atoms with Crippen molar-refractivity contribution in [2.75, 3.05) is 0 Å². The molecule has 0 spiro atoms. The normalized spacial score (nSPS) is 14.8. The second-order valence-electron chi connectivity index (χ2n) is 5.98. The Balaban J connectivity index is 4.81. The minimum absolute atomic E-state index is 0.119. The maximum absolute atomic E-state index is 6.23. The highest BCUT2D eigenvalue weighted by Crippen LogP contribution is 2.47. The molecule has 0 saturated carbocycles. The second kappa shape index (κ2) is 3.61. The van der Waals surface area contributed by atoms with Crippen molar-refractivity contribution in [3.8, 4) is 0 Å². The topological polar surface area (TPSA) is 26.0 Å². The van der Waals surface area contributed by atoms with E-state index in [2.05, 4.69) is 48.5 Å². The lowest BCUT2D eigenvalue weighted by Crippen LogP contribution is -2.54. The van der Waals surface area contributed by atoms with Gasteiger partial charge in [0, 0.05) is 5.54 Å². The monoisotopic (exact) mass is 185 g/mol. The molecule has 1 nitrogen and oxygen atoms in total. The summed E-state index contributed by atoms with van der Waals surface area (Å²) >= 11 is 0. The second-order valence-corrected chi connectivity index (χ2v) is 5.98. The Morgan fingerprint density at radius 2 is 1.31 bits per heavy atom. The van der Waals surface area contributed by atoms with Gasteiger partial charge in [0.1, 0.15) is 0 Å². The molecular weight excluding hydrogens is 158 g/mol. The highest BCUT2D eigenvalue weighted by atomic mass is 14.8. The van der Waals surface area contributed by atoms with Gasteiger partial charge in [-0.1, -0.05) is 41.0 Å². The van der Waals surface area contributed by atoms with Gasteiger partial charge < -0.3 is 5.73 Å². The number of hydrogen-bond acceptors (Lipinski definition) is 1. The first-order chi connectivity index (χ1) is 5.56. The maximum Gasteiger partial charge on any atom is 0.0154 e. The van der Waals surface area contributed by atoms with Gasteiger partial charge in [0.2, 0.25) is 0 Å². The van der Waals surface area contributed by atoms with Crippen LogP contribution >= 0.6 is 0 Å². The molecule has 0 aromatic heterocycles. The van der Waals surface area contributed by atoms with Gasteiger partial charge in [-0.3, -0.25) is 0 Å². The van der Waals surface area contributed by atoms with Crippen LogP contribution in [0.4, 0.5) is 0 Å². The van der Waals surface area contributed by atoms with E-state index < -0.39 is 0 Å². The summed E-state index contributed by atoms with van der Waals surface area (Å²) in [7, 11) is 0. The highest BCUT2D eigenvalue weighted by molar-refractivity contribution is 4.99. The predicted octanol–water partition coefficient (Wildman–Crippen LogP) is 3.58. The molecule has 0 atom stereocenters. The molecule has 0 aromatic carbocycles. The number of rotatable bonds is 4. The molecule has 0 heterocycles. The quantitative estimate of drug-likeness (QED) is 0.712. The molecule has 0 aliphatic carbocycles. The van der Waals surface area contributed by atoms with E-state index >= 15 is 0 Å². The zero-order valence-electron chi connectivity index (χ0n) is 10.5. The summed E-state index contributed by atoms with van der Waals surface area (Å²) in [4.78, 5) is 0. The van der Waals surface area contributed by atoms with Crippen molar-refractivity contribution in [1.82, 2.24) is 0 Å². The Labute approximate surface area is 84.1 Å². The van der Waals surface area contributed by atoms with Crippen LogP contribution in [0.15, 0.2) is 0 Å². The lowest BCUT2D eigenvalue weighted by molar-refractivity contribution is 0.0274. The molecule has 0 fully saturated rings. The molecule has 0 amide bonds. The van der Waals surface area contributed by atoms with Crippen molar-refractivity contribution < 1.29 is 0 Å². The zero-order chi connectivity index (χ0) is 10.9. The Hall–Kier alpha value is -0.0400. The maximum atomic E-state index is 6.23. The molecule has 1 heteroatoms. The van der Waals surface area contributed by atoms with Gasteiger partial charge in [-0.05, 0) is 31.1 Å². The Bertz CT molecular complexity index is 160. The van der Waals surface area contributed by atoms with Crippen molar-refractivity contribution >= 4 is 0 Å². The SMILES string of the molecule is CCCC(C)(C)C(C)(C)C(C)(C)N. The van der Waals surface area contributed by atoms with E-state index in [1.54, 1.807) is 0 Å². The first-order valence-electron chi connectivity index (χ1n) is 5.35. The van der Waals surface area contributed by atoms with Crippen LogP contribution in [-0.4, -0.2) is 5.54 Å². The molecule has 80 valence electrons. The van der Waals surface area contributed by atoms with Crippen LogP contribution in [-0.2, 0) is 0 Å². The van der Waals surface area contributed by atoms with Crippen LogP contribution in [0.2, 0.25) is 0 Å². The Kier molecular flexibility index (Phi) is 3.59. The van der Waals surface area contributed by atoms with Crippen LogP contribution < -0.4 is 5.73 Å². The minimum atomic E-state index is -0.119. The molecule has 0 radical (unpaired) electrons. The van der Waals surface area contributed by atoms with Gasteiger partial charge in [0.25, 0.3) is 0 Å². The summed E-state index contributed by atoms with van der Waals surface area (Å²) in [6.45, 7) is 15.7. The lowest BCUT2D eigenvalue weighted by Gasteiger charge is -2.50. The van der Waals surface area contributed by atoms with Crippen LogP contribution in [0.1, 0.15) is 61.3 Å². The van der Waals surface area contributed by atoms with Crippen molar-refractivity contribution in [3.63, 3.8) is 0 Å². The fourth-order valence-electron chi connectivity index (χ4n) is 1.81. The third-order valence-corrected chi connectivity index (χ3v) is 4.18. The fraction of sp³-hybridized carbons (Fsp3) is 1.00. The highest BCUT2D eigenvalue weighted by Gasteiger charge is 2.45. The zero-order valence-corrected chi connectivity index (χ0v) is 10.5. The first kappa shape index (κ1) is 13.0. The van der Waals surface area contributed by atoms with E-state index in [0.717, 1.165) is 0 Å². The lowest BCUT2D eigenvalue weighted by atomic mass is 9.57. The van der Waals surface area contributed by atoms with E-state index in [1.165, 1.54) is 12.8 Å². The summed E-state index contributed by atoms with van der Waals surface area (Å²) in [6, 6.07) is 0. The third-order valence-electron chi connectivity index (χ3n) is 4.18. The summed E-state index contributed by atoms with van der Waals surface area (Å²) in [5.41, 5.74) is 6.58. The van der Waals surface area contributed by atoms with Crippen molar-refractivity contribution in [2.45, 2.75) is 66.8 Å². The first-order valence-corrected chi connectivity index (χ1v) is 5.35. The van der Waals surface area contributed by atoms with Gasteiger partial charge >= 0.3 is 0 Å². The Morgan fingerprint density at radius 1 is 0.923 bits per heavy atom. The molecule has 0 aliphatic rings. The standard InChI is InChI=1S/C12H27N/c1-8-9-10(2,3)11(4,5)12(6,7)13/h8-9,13H2,1-7H3. The Morgan fingerprint density at radius 3 is 1.54 bits per heavy atom. The van der Waals surface area contributed by atoms with Crippen LogP contribution in [0, 0.1) is 10.8 Å². The third kappa shape index (κ3) is 2.46. The molecule has 0 unspecified atom stereocenters. The van der Waals surface area contributed by atoms with Crippen molar-refractivity contribution in [1.29, 1.82) is 0 Å². The minimum Gasteiger partial charge on any atom is -0.325 e. The summed E-state index contributed by atoms with van der Waals surface area (Å²) < 4.78 is 0. The summed E-state index contributed by atoms with van der Waals surface area (Å²) in [6.07, 6.45) is 2.47. The smallest absolute Gasteiger partial charge is 0.0154 e. The van der Waals surface area contributed by atoms with Crippen molar-refractivity contribution in [2.24, 2.45) is 16.6 Å². The van der Waals surface area contributed by atoms with E-state index in [1.807, 2.05) is 0 Å². The van der Waals surface area contributed by atoms with Gasteiger partial charge in [0.05, 0.1) is 0 Å². The summed E-state index contributed by atoms with van der Waals surface area (Å²) in [5, 5.41) is 0. The van der Waals surface area contributed by atoms with Gasteiger partial charge in [-0.25, -0.2) is 0 Å². The number of nitrogens with two attached hydrogens (primary N) is 1. The van der Waals surface area contributed by atoms with Crippen LogP contribution in [0.3, 0.4) is 0 Å². The molecule has 0 aromatic rings. The van der Waals surface area contributed by atoms with E-state index in [0.29, 0.717) is 5.41 Å². The molecule has 0 saturated heterocycles. The molecule has 0 rings (SSSR count). The fourth-order valence-corrected chi connectivity index (χ4v) is 1.81. The van der Waals surface area contributed by atoms with Crippen molar-refractivity contribution in [3.05, 3.63) is 0 Å².